The molecule has 0 aliphatic carbocycles. The number of methoxy groups -OCH3 is 1. The number of carbonyl (C=O) groups is 2. The summed E-state index contributed by atoms with van der Waals surface area (Å²) < 4.78 is 47.0. The van der Waals surface area contributed by atoms with E-state index in [1.165, 1.54) is 12.0 Å². The fourth-order valence-electron chi connectivity index (χ4n) is 4.30. The van der Waals surface area contributed by atoms with Crippen LogP contribution in [-0.2, 0) is 17.4 Å². The minimum Gasteiger partial charge on any atom is -0.497 e. The monoisotopic (exact) mass is 450 g/mol. The van der Waals surface area contributed by atoms with Crippen molar-refractivity contribution < 1.29 is 27.5 Å². The summed E-state index contributed by atoms with van der Waals surface area (Å²) in [4.78, 5) is 28.8. The highest BCUT2D eigenvalue weighted by molar-refractivity contribution is 5.96. The molecule has 0 unspecified atom stereocenters. The standard InChI is InChI=1S/C22H25F3N4O3/c1-32-16-8-6-15(7-9-16)29-19-17(20(26-29)22(23,24)25)10-14-28(21(19)31)13-4-5-18(30)27-11-2-3-12-27/h6-9H,2-5,10-14H2,1H3. The summed E-state index contributed by atoms with van der Waals surface area (Å²) in [6.07, 6.45) is -1.79. The Kier molecular flexibility index (Phi) is 6.12. The largest absolute Gasteiger partial charge is 0.497 e. The van der Waals surface area contributed by atoms with E-state index in [4.69, 9.17) is 4.74 Å². The lowest BCUT2D eigenvalue weighted by Crippen LogP contribution is -2.40. The smallest absolute Gasteiger partial charge is 0.435 e. The summed E-state index contributed by atoms with van der Waals surface area (Å²) in [7, 11) is 1.49. The van der Waals surface area contributed by atoms with Crippen LogP contribution in [0.2, 0.25) is 0 Å². The summed E-state index contributed by atoms with van der Waals surface area (Å²) in [5.41, 5.74) is -0.834. The number of alkyl halides is 3. The number of hydrogen-bond donors (Lipinski definition) is 0. The molecule has 2 aliphatic rings. The van der Waals surface area contributed by atoms with Gasteiger partial charge in [0.05, 0.1) is 12.8 Å². The first kappa shape index (κ1) is 22.2. The molecule has 172 valence electrons. The number of rotatable bonds is 6. The molecular weight excluding hydrogens is 425 g/mol. The van der Waals surface area contributed by atoms with E-state index in [0.29, 0.717) is 30.8 Å². The number of benzene rings is 1. The summed E-state index contributed by atoms with van der Waals surface area (Å²) in [6, 6.07) is 6.33. The van der Waals surface area contributed by atoms with Gasteiger partial charge in [-0.2, -0.15) is 18.3 Å². The molecule has 0 N–H and O–H groups in total. The normalized spacial score (nSPS) is 16.4. The number of amides is 2. The first-order chi connectivity index (χ1) is 15.3. The van der Waals surface area contributed by atoms with Gasteiger partial charge in [-0.05, 0) is 49.9 Å². The molecule has 2 amide bonds. The Labute approximate surface area is 183 Å². The maximum absolute atomic E-state index is 13.6. The maximum atomic E-state index is 13.6. The van der Waals surface area contributed by atoms with Gasteiger partial charge in [-0.1, -0.05) is 0 Å². The number of fused-ring (bicyclic) bond motifs is 1. The van der Waals surface area contributed by atoms with E-state index >= 15 is 0 Å². The van der Waals surface area contributed by atoms with Crippen molar-refractivity contribution in [3.63, 3.8) is 0 Å². The third-order valence-corrected chi connectivity index (χ3v) is 5.97. The van der Waals surface area contributed by atoms with Crippen LogP contribution in [0.1, 0.15) is 47.4 Å². The molecule has 2 aliphatic heterocycles. The third-order valence-electron chi connectivity index (χ3n) is 5.97. The molecule has 1 aromatic carbocycles. The van der Waals surface area contributed by atoms with E-state index in [9.17, 15) is 22.8 Å². The topological polar surface area (TPSA) is 67.7 Å². The molecule has 10 heteroatoms. The SMILES string of the molecule is COc1ccc(-n2nc(C(F)(F)F)c3c2C(=O)N(CCCC(=O)N2CCCC2)CC3)cc1. The summed E-state index contributed by atoms with van der Waals surface area (Å²) in [5, 5.41) is 3.78. The van der Waals surface area contributed by atoms with E-state index in [1.54, 1.807) is 24.3 Å². The van der Waals surface area contributed by atoms with Gasteiger partial charge in [-0.3, -0.25) is 9.59 Å². The van der Waals surface area contributed by atoms with Crippen LogP contribution >= 0.6 is 0 Å². The molecule has 0 spiro atoms. The minimum atomic E-state index is -4.66. The molecule has 7 nitrogen and oxygen atoms in total. The highest BCUT2D eigenvalue weighted by Crippen LogP contribution is 2.36. The van der Waals surface area contributed by atoms with E-state index in [-0.39, 0.29) is 30.1 Å². The lowest BCUT2D eigenvalue weighted by Gasteiger charge is -2.28. The average Bonchev–Trinajstić information content (AvgIpc) is 3.44. The van der Waals surface area contributed by atoms with Crippen LogP contribution in [-0.4, -0.2) is 64.7 Å². The second-order valence-corrected chi connectivity index (χ2v) is 8.02. The van der Waals surface area contributed by atoms with Gasteiger partial charge in [0.25, 0.3) is 5.91 Å². The first-order valence-electron chi connectivity index (χ1n) is 10.7. The van der Waals surface area contributed by atoms with Crippen LogP contribution in [0.25, 0.3) is 5.69 Å². The predicted molar refractivity (Wildman–Crippen MR) is 110 cm³/mol. The lowest BCUT2D eigenvalue weighted by molar-refractivity contribution is -0.142. The first-order valence-corrected chi connectivity index (χ1v) is 10.7. The molecule has 2 aromatic rings. The minimum absolute atomic E-state index is 0.0616. The van der Waals surface area contributed by atoms with Gasteiger partial charge >= 0.3 is 6.18 Å². The van der Waals surface area contributed by atoms with Crippen molar-refractivity contribution in [3.05, 3.63) is 41.2 Å². The van der Waals surface area contributed by atoms with Gasteiger partial charge in [0.2, 0.25) is 5.91 Å². The second kappa shape index (κ2) is 8.84. The van der Waals surface area contributed by atoms with E-state index in [2.05, 4.69) is 5.10 Å². The zero-order chi connectivity index (χ0) is 22.9. The van der Waals surface area contributed by atoms with Gasteiger partial charge in [0.15, 0.2) is 5.69 Å². The van der Waals surface area contributed by atoms with Gasteiger partial charge in [-0.15, -0.1) is 0 Å². The van der Waals surface area contributed by atoms with Gasteiger partial charge in [-0.25, -0.2) is 4.68 Å². The van der Waals surface area contributed by atoms with Crippen LogP contribution in [0.3, 0.4) is 0 Å². The van der Waals surface area contributed by atoms with Crippen LogP contribution in [0, 0.1) is 0 Å². The number of halogens is 3. The van der Waals surface area contributed by atoms with Crippen molar-refractivity contribution >= 4 is 11.8 Å². The molecule has 1 saturated heterocycles. The fourth-order valence-corrected chi connectivity index (χ4v) is 4.30. The molecule has 1 aromatic heterocycles. The highest BCUT2D eigenvalue weighted by Gasteiger charge is 2.43. The predicted octanol–water partition coefficient (Wildman–Crippen LogP) is 3.30. The number of ether oxygens (including phenoxy) is 1. The van der Waals surface area contributed by atoms with Crippen molar-refractivity contribution in [1.82, 2.24) is 19.6 Å². The Morgan fingerprint density at radius 2 is 1.81 bits per heavy atom. The maximum Gasteiger partial charge on any atom is 0.435 e. The van der Waals surface area contributed by atoms with E-state index < -0.39 is 17.8 Å². The van der Waals surface area contributed by atoms with Crippen molar-refractivity contribution in [1.29, 1.82) is 0 Å². The van der Waals surface area contributed by atoms with Crippen LogP contribution in [0.15, 0.2) is 24.3 Å². The van der Waals surface area contributed by atoms with Gasteiger partial charge < -0.3 is 14.5 Å². The van der Waals surface area contributed by atoms with Crippen molar-refractivity contribution in [2.24, 2.45) is 0 Å². The number of likely N-dealkylation sites (tertiary alicyclic amines) is 1. The Bertz CT molecular complexity index is 995. The molecule has 3 heterocycles. The Hall–Kier alpha value is -3.04. The second-order valence-electron chi connectivity index (χ2n) is 8.02. The van der Waals surface area contributed by atoms with Crippen molar-refractivity contribution in [2.45, 2.75) is 38.3 Å². The van der Waals surface area contributed by atoms with Crippen LogP contribution in [0.4, 0.5) is 13.2 Å². The van der Waals surface area contributed by atoms with Crippen molar-refractivity contribution in [2.75, 3.05) is 33.3 Å². The Balaban J connectivity index is 1.56. The molecule has 0 atom stereocenters. The zero-order valence-corrected chi connectivity index (χ0v) is 17.8. The quantitative estimate of drug-likeness (QED) is 0.677. The fraction of sp³-hybridized carbons (Fsp3) is 0.500. The average molecular weight is 450 g/mol. The molecule has 1 fully saturated rings. The Morgan fingerprint density at radius 3 is 2.44 bits per heavy atom. The van der Waals surface area contributed by atoms with Crippen LogP contribution < -0.4 is 4.74 Å². The number of hydrogen-bond acceptors (Lipinski definition) is 4. The van der Waals surface area contributed by atoms with Crippen molar-refractivity contribution in [3.8, 4) is 11.4 Å². The Morgan fingerprint density at radius 1 is 1.12 bits per heavy atom. The molecule has 0 radical (unpaired) electrons. The van der Waals surface area contributed by atoms with Gasteiger partial charge in [0.1, 0.15) is 11.4 Å². The molecule has 32 heavy (non-hydrogen) atoms. The van der Waals surface area contributed by atoms with E-state index in [0.717, 1.165) is 30.6 Å². The lowest BCUT2D eigenvalue weighted by atomic mass is 10.0. The number of nitrogens with zero attached hydrogens (tertiary/aromatic N) is 4. The van der Waals surface area contributed by atoms with Gasteiger partial charge in [0, 0.05) is 38.2 Å². The molecule has 0 saturated carbocycles. The highest BCUT2D eigenvalue weighted by atomic mass is 19.4. The van der Waals surface area contributed by atoms with E-state index in [1.807, 2.05) is 4.90 Å². The molecular formula is C22H25F3N4O3. The summed E-state index contributed by atoms with van der Waals surface area (Å²) in [6.45, 7) is 2.02. The summed E-state index contributed by atoms with van der Waals surface area (Å²) in [5.74, 6) is 0.107. The summed E-state index contributed by atoms with van der Waals surface area (Å²) >= 11 is 0. The third kappa shape index (κ3) is 4.31. The zero-order valence-electron chi connectivity index (χ0n) is 17.8. The van der Waals surface area contributed by atoms with Crippen LogP contribution in [0.5, 0.6) is 5.75 Å². The molecule has 4 rings (SSSR count). The molecule has 0 bridgehead atoms. The number of carbonyl (C=O) groups excluding carboxylic acids is 2. The number of aromatic nitrogens is 2.